The predicted molar refractivity (Wildman–Crippen MR) is 68.9 cm³/mol. The van der Waals surface area contributed by atoms with Crippen LogP contribution in [0.2, 0.25) is 0 Å². The quantitative estimate of drug-likeness (QED) is 0.881. The molecule has 3 heteroatoms. The molecule has 1 atom stereocenters. The smallest absolute Gasteiger partial charge is 0.123 e. The Morgan fingerprint density at radius 1 is 1.06 bits per heavy atom. The van der Waals surface area contributed by atoms with Crippen LogP contribution in [0.3, 0.4) is 0 Å². The van der Waals surface area contributed by atoms with Crippen molar-refractivity contribution in [3.8, 4) is 0 Å². The Labute approximate surface area is 106 Å². The van der Waals surface area contributed by atoms with Gasteiger partial charge in [-0.25, -0.2) is 4.39 Å². The van der Waals surface area contributed by atoms with E-state index in [2.05, 4.69) is 4.98 Å². The van der Waals surface area contributed by atoms with Gasteiger partial charge in [0.15, 0.2) is 0 Å². The molecular weight excluding hydrogens is 229 g/mol. The van der Waals surface area contributed by atoms with Gasteiger partial charge in [-0.05, 0) is 61.7 Å². The van der Waals surface area contributed by atoms with Crippen LogP contribution >= 0.6 is 0 Å². The van der Waals surface area contributed by atoms with Crippen molar-refractivity contribution in [3.05, 3.63) is 64.2 Å². The number of benzene rings is 1. The molecule has 0 fully saturated rings. The van der Waals surface area contributed by atoms with Gasteiger partial charge >= 0.3 is 0 Å². The fourth-order valence-electron chi connectivity index (χ4n) is 2.11. The van der Waals surface area contributed by atoms with E-state index < -0.39 is 6.10 Å². The zero-order chi connectivity index (χ0) is 13.3. The number of hydrogen-bond acceptors (Lipinski definition) is 2. The minimum atomic E-state index is -0.818. The third kappa shape index (κ3) is 2.57. The zero-order valence-electron chi connectivity index (χ0n) is 10.7. The van der Waals surface area contributed by atoms with Crippen LogP contribution in [0.15, 0.2) is 30.3 Å². The Balaban J connectivity index is 2.47. The minimum Gasteiger partial charge on any atom is -0.384 e. The first-order valence-electron chi connectivity index (χ1n) is 5.86. The number of aliphatic hydroxyl groups is 1. The summed E-state index contributed by atoms with van der Waals surface area (Å²) in [6.07, 6.45) is -0.818. The monoisotopic (exact) mass is 245 g/mol. The highest BCUT2D eigenvalue weighted by Gasteiger charge is 2.14. The Morgan fingerprint density at radius 3 is 2.28 bits per heavy atom. The highest BCUT2D eigenvalue weighted by molar-refractivity contribution is 5.36. The molecule has 2 rings (SSSR count). The normalized spacial score (nSPS) is 12.5. The SMILES string of the molecule is Cc1cc(C(O)c2cc(F)ccc2C)cc(C)n1. The summed E-state index contributed by atoms with van der Waals surface area (Å²) >= 11 is 0. The van der Waals surface area contributed by atoms with E-state index in [1.807, 2.05) is 32.9 Å². The van der Waals surface area contributed by atoms with Crippen molar-refractivity contribution in [3.63, 3.8) is 0 Å². The molecule has 0 radical (unpaired) electrons. The number of pyridine rings is 1. The molecule has 0 bridgehead atoms. The van der Waals surface area contributed by atoms with Gasteiger partial charge in [0.2, 0.25) is 0 Å². The van der Waals surface area contributed by atoms with E-state index in [0.29, 0.717) is 5.56 Å². The van der Waals surface area contributed by atoms with E-state index in [4.69, 9.17) is 0 Å². The third-order valence-electron chi connectivity index (χ3n) is 2.96. The Bertz CT molecular complexity index is 560. The van der Waals surface area contributed by atoms with Crippen molar-refractivity contribution in [2.75, 3.05) is 0 Å². The molecule has 0 saturated carbocycles. The number of aryl methyl sites for hydroxylation is 3. The average molecular weight is 245 g/mol. The van der Waals surface area contributed by atoms with Gasteiger partial charge in [0, 0.05) is 11.4 Å². The van der Waals surface area contributed by atoms with E-state index in [1.165, 1.54) is 12.1 Å². The Kier molecular flexibility index (Phi) is 3.43. The molecule has 1 heterocycles. The standard InChI is InChI=1S/C15H16FNO/c1-9-4-5-13(16)8-14(9)15(18)12-6-10(2)17-11(3)7-12/h4-8,15,18H,1-3H3. The summed E-state index contributed by atoms with van der Waals surface area (Å²) in [4.78, 5) is 4.27. The number of nitrogens with zero attached hydrogens (tertiary/aromatic N) is 1. The molecule has 1 aromatic carbocycles. The predicted octanol–water partition coefficient (Wildman–Crippen LogP) is 3.23. The fourth-order valence-corrected chi connectivity index (χ4v) is 2.11. The molecule has 2 aromatic rings. The number of aliphatic hydroxyl groups excluding tert-OH is 1. The molecule has 0 amide bonds. The first kappa shape index (κ1) is 12.7. The molecule has 2 nitrogen and oxygen atoms in total. The van der Waals surface area contributed by atoms with Crippen molar-refractivity contribution in [1.82, 2.24) is 4.98 Å². The molecule has 0 aliphatic rings. The van der Waals surface area contributed by atoms with Gasteiger partial charge in [-0.15, -0.1) is 0 Å². The van der Waals surface area contributed by atoms with Crippen LogP contribution in [0.4, 0.5) is 4.39 Å². The zero-order valence-corrected chi connectivity index (χ0v) is 10.7. The van der Waals surface area contributed by atoms with E-state index in [1.54, 1.807) is 6.07 Å². The lowest BCUT2D eigenvalue weighted by Gasteiger charge is -2.15. The summed E-state index contributed by atoms with van der Waals surface area (Å²) in [5, 5.41) is 10.4. The van der Waals surface area contributed by atoms with Crippen molar-refractivity contribution in [1.29, 1.82) is 0 Å². The van der Waals surface area contributed by atoms with E-state index in [9.17, 15) is 9.50 Å². The van der Waals surface area contributed by atoms with Crippen LogP contribution in [0.25, 0.3) is 0 Å². The summed E-state index contributed by atoms with van der Waals surface area (Å²) in [7, 11) is 0. The summed E-state index contributed by atoms with van der Waals surface area (Å²) in [6.45, 7) is 5.61. The van der Waals surface area contributed by atoms with Crippen LogP contribution in [-0.4, -0.2) is 10.1 Å². The molecule has 18 heavy (non-hydrogen) atoms. The third-order valence-corrected chi connectivity index (χ3v) is 2.96. The van der Waals surface area contributed by atoms with Gasteiger partial charge in [0.05, 0.1) is 0 Å². The van der Waals surface area contributed by atoms with Crippen LogP contribution in [0, 0.1) is 26.6 Å². The molecule has 94 valence electrons. The molecule has 0 spiro atoms. The number of rotatable bonds is 2. The lowest BCUT2D eigenvalue weighted by atomic mass is 9.97. The number of halogens is 1. The van der Waals surface area contributed by atoms with Gasteiger partial charge in [-0.3, -0.25) is 4.98 Å². The molecular formula is C15H16FNO. The first-order chi connectivity index (χ1) is 8.47. The fraction of sp³-hybridized carbons (Fsp3) is 0.267. The topological polar surface area (TPSA) is 33.1 Å². The maximum Gasteiger partial charge on any atom is 0.123 e. The van der Waals surface area contributed by atoms with Crippen LogP contribution in [-0.2, 0) is 0 Å². The Hall–Kier alpha value is -1.74. The summed E-state index contributed by atoms with van der Waals surface area (Å²) in [6, 6.07) is 8.10. The molecule has 1 aromatic heterocycles. The second kappa shape index (κ2) is 4.86. The van der Waals surface area contributed by atoms with Gasteiger partial charge in [-0.2, -0.15) is 0 Å². The van der Waals surface area contributed by atoms with Gasteiger partial charge in [0.25, 0.3) is 0 Å². The summed E-state index contributed by atoms with van der Waals surface area (Å²) < 4.78 is 13.3. The van der Waals surface area contributed by atoms with Gasteiger partial charge < -0.3 is 5.11 Å². The minimum absolute atomic E-state index is 0.336. The largest absolute Gasteiger partial charge is 0.384 e. The lowest BCUT2D eigenvalue weighted by Crippen LogP contribution is -2.04. The highest BCUT2D eigenvalue weighted by atomic mass is 19.1. The molecule has 0 aliphatic carbocycles. The molecule has 0 saturated heterocycles. The molecule has 0 aliphatic heterocycles. The average Bonchev–Trinajstić information content (AvgIpc) is 2.30. The van der Waals surface area contributed by atoms with Crippen LogP contribution in [0.1, 0.15) is 34.2 Å². The van der Waals surface area contributed by atoms with Crippen molar-refractivity contribution in [2.45, 2.75) is 26.9 Å². The molecule has 1 unspecified atom stereocenters. The van der Waals surface area contributed by atoms with E-state index in [0.717, 1.165) is 22.5 Å². The van der Waals surface area contributed by atoms with Gasteiger partial charge in [0.1, 0.15) is 11.9 Å². The molecule has 1 N–H and O–H groups in total. The van der Waals surface area contributed by atoms with Crippen molar-refractivity contribution < 1.29 is 9.50 Å². The second-order valence-corrected chi connectivity index (χ2v) is 4.59. The van der Waals surface area contributed by atoms with Crippen LogP contribution < -0.4 is 0 Å². The maximum absolute atomic E-state index is 13.3. The van der Waals surface area contributed by atoms with E-state index in [-0.39, 0.29) is 5.82 Å². The van der Waals surface area contributed by atoms with E-state index >= 15 is 0 Å². The van der Waals surface area contributed by atoms with Crippen LogP contribution in [0.5, 0.6) is 0 Å². The lowest BCUT2D eigenvalue weighted by molar-refractivity contribution is 0.218. The first-order valence-corrected chi connectivity index (χ1v) is 5.86. The summed E-state index contributed by atoms with van der Waals surface area (Å²) in [5.41, 5.74) is 3.90. The second-order valence-electron chi connectivity index (χ2n) is 4.59. The highest BCUT2D eigenvalue weighted by Crippen LogP contribution is 2.26. The number of hydrogen-bond donors (Lipinski definition) is 1. The number of aromatic nitrogens is 1. The maximum atomic E-state index is 13.3. The van der Waals surface area contributed by atoms with Crippen molar-refractivity contribution >= 4 is 0 Å². The Morgan fingerprint density at radius 2 is 1.67 bits per heavy atom. The summed E-state index contributed by atoms with van der Waals surface area (Å²) in [5.74, 6) is -0.336. The van der Waals surface area contributed by atoms with Gasteiger partial charge in [-0.1, -0.05) is 6.07 Å². The van der Waals surface area contributed by atoms with Crippen molar-refractivity contribution in [2.24, 2.45) is 0 Å².